The van der Waals surface area contributed by atoms with Gasteiger partial charge in [-0.1, -0.05) is 11.6 Å². The Labute approximate surface area is 73.2 Å². The van der Waals surface area contributed by atoms with Gasteiger partial charge in [-0.15, -0.1) is 0 Å². The summed E-state index contributed by atoms with van der Waals surface area (Å²) in [6.45, 7) is 6.03. The highest BCUT2D eigenvalue weighted by Gasteiger charge is 2.68. The van der Waals surface area contributed by atoms with Crippen LogP contribution in [0.15, 0.2) is 11.6 Å². The van der Waals surface area contributed by atoms with Crippen molar-refractivity contribution >= 4 is 0 Å². The Kier molecular flexibility index (Phi) is 1.46. The molecule has 0 radical (unpaired) electrons. The maximum atomic E-state index is 10.2. The van der Waals surface area contributed by atoms with Crippen molar-refractivity contribution in [1.82, 2.24) is 0 Å². The van der Waals surface area contributed by atoms with Gasteiger partial charge in [-0.25, -0.2) is 0 Å². The fourth-order valence-corrected chi connectivity index (χ4v) is 2.27. The van der Waals surface area contributed by atoms with E-state index in [1.807, 2.05) is 26.8 Å². The third-order valence-electron chi connectivity index (χ3n) is 3.12. The second-order valence-corrected chi connectivity index (χ2v) is 4.40. The molecule has 2 nitrogen and oxygen atoms in total. The molecule has 3 atom stereocenters. The molecule has 0 unspecified atom stereocenters. The SMILES string of the molecule is CC(C)=C[C@@]1(O)CC[C@@H]2O[C@@]21C. The first-order valence-electron chi connectivity index (χ1n) is 4.54. The van der Waals surface area contributed by atoms with Gasteiger partial charge in [-0.3, -0.25) is 0 Å². The first-order chi connectivity index (χ1) is 5.48. The van der Waals surface area contributed by atoms with Gasteiger partial charge in [0.1, 0.15) is 11.2 Å². The zero-order valence-electron chi connectivity index (χ0n) is 7.92. The van der Waals surface area contributed by atoms with Gasteiger partial charge in [0.05, 0.1) is 6.10 Å². The predicted octanol–water partition coefficient (Wildman–Crippen LogP) is 1.64. The quantitative estimate of drug-likeness (QED) is 0.477. The monoisotopic (exact) mass is 168 g/mol. The Hall–Kier alpha value is -0.340. The first kappa shape index (κ1) is 8.27. The molecule has 0 aromatic heterocycles. The summed E-state index contributed by atoms with van der Waals surface area (Å²) in [7, 11) is 0. The molecule has 2 heteroatoms. The fourth-order valence-electron chi connectivity index (χ4n) is 2.27. The van der Waals surface area contributed by atoms with Gasteiger partial charge < -0.3 is 9.84 Å². The molecule has 1 saturated heterocycles. The van der Waals surface area contributed by atoms with Gasteiger partial charge in [0.2, 0.25) is 0 Å². The average Bonchev–Trinajstić information content (AvgIpc) is 2.52. The van der Waals surface area contributed by atoms with Crippen LogP contribution in [-0.4, -0.2) is 22.4 Å². The average molecular weight is 168 g/mol. The number of aliphatic hydroxyl groups is 1. The number of fused-ring (bicyclic) bond motifs is 1. The summed E-state index contributed by atoms with van der Waals surface area (Å²) in [5, 5.41) is 10.2. The molecule has 68 valence electrons. The molecule has 0 aromatic carbocycles. The number of hydrogen-bond donors (Lipinski definition) is 1. The standard InChI is InChI=1S/C10H16O2/c1-7(2)6-10(11)5-4-8-9(10,3)12-8/h6,8,11H,4-5H2,1-3H3/t8-,9-,10-/m0/s1. The number of allylic oxidation sites excluding steroid dienone is 1. The summed E-state index contributed by atoms with van der Waals surface area (Å²) in [6.07, 6.45) is 4.09. The lowest BCUT2D eigenvalue weighted by molar-refractivity contribution is 0.00544. The summed E-state index contributed by atoms with van der Waals surface area (Å²) in [5.41, 5.74) is 0.190. The summed E-state index contributed by atoms with van der Waals surface area (Å²) < 4.78 is 5.46. The minimum Gasteiger partial charge on any atom is -0.383 e. The topological polar surface area (TPSA) is 32.8 Å². The van der Waals surface area contributed by atoms with E-state index in [0.29, 0.717) is 6.10 Å². The second-order valence-electron chi connectivity index (χ2n) is 4.40. The van der Waals surface area contributed by atoms with Crippen LogP contribution in [0.1, 0.15) is 33.6 Å². The summed E-state index contributed by atoms with van der Waals surface area (Å²) >= 11 is 0. The summed E-state index contributed by atoms with van der Waals surface area (Å²) in [5.74, 6) is 0. The maximum Gasteiger partial charge on any atom is 0.124 e. The molecule has 0 aromatic rings. The second kappa shape index (κ2) is 2.12. The van der Waals surface area contributed by atoms with Gasteiger partial charge in [0.25, 0.3) is 0 Å². The Bertz CT molecular complexity index is 240. The molecular formula is C10H16O2. The molecule has 12 heavy (non-hydrogen) atoms. The van der Waals surface area contributed by atoms with E-state index in [0.717, 1.165) is 18.4 Å². The van der Waals surface area contributed by atoms with Crippen LogP contribution < -0.4 is 0 Å². The highest BCUT2D eigenvalue weighted by Crippen LogP contribution is 2.56. The Morgan fingerprint density at radius 1 is 1.58 bits per heavy atom. The molecule has 0 spiro atoms. The number of epoxide rings is 1. The van der Waals surface area contributed by atoms with Crippen molar-refractivity contribution in [2.24, 2.45) is 0 Å². The maximum absolute atomic E-state index is 10.2. The van der Waals surface area contributed by atoms with E-state index in [4.69, 9.17) is 4.74 Å². The molecule has 1 saturated carbocycles. The minimum atomic E-state index is -0.698. The predicted molar refractivity (Wildman–Crippen MR) is 46.9 cm³/mol. The minimum absolute atomic E-state index is 0.274. The Morgan fingerprint density at radius 3 is 2.58 bits per heavy atom. The lowest BCUT2D eigenvalue weighted by Gasteiger charge is -2.25. The van der Waals surface area contributed by atoms with Crippen molar-refractivity contribution in [2.45, 2.75) is 50.9 Å². The normalized spacial score (nSPS) is 50.2. The first-order valence-corrected chi connectivity index (χ1v) is 4.54. The fraction of sp³-hybridized carbons (Fsp3) is 0.800. The highest BCUT2D eigenvalue weighted by molar-refractivity contribution is 5.27. The lowest BCUT2D eigenvalue weighted by atomic mass is 9.89. The highest BCUT2D eigenvalue weighted by atomic mass is 16.6. The van der Waals surface area contributed by atoms with Gasteiger partial charge in [-0.2, -0.15) is 0 Å². The Morgan fingerprint density at radius 2 is 2.25 bits per heavy atom. The van der Waals surface area contributed by atoms with E-state index in [1.54, 1.807) is 0 Å². The van der Waals surface area contributed by atoms with Crippen LogP contribution in [0.4, 0.5) is 0 Å². The van der Waals surface area contributed by atoms with Gasteiger partial charge in [-0.05, 0) is 33.6 Å². The largest absolute Gasteiger partial charge is 0.383 e. The number of rotatable bonds is 1. The molecule has 0 bridgehead atoms. The molecule has 1 aliphatic heterocycles. The van der Waals surface area contributed by atoms with Gasteiger partial charge in [0, 0.05) is 0 Å². The van der Waals surface area contributed by atoms with Crippen molar-refractivity contribution in [1.29, 1.82) is 0 Å². The van der Waals surface area contributed by atoms with Crippen LogP contribution >= 0.6 is 0 Å². The van der Waals surface area contributed by atoms with Crippen molar-refractivity contribution < 1.29 is 9.84 Å². The van der Waals surface area contributed by atoms with E-state index in [2.05, 4.69) is 0 Å². The Balaban J connectivity index is 2.27. The summed E-state index contributed by atoms with van der Waals surface area (Å²) in [6, 6.07) is 0. The van der Waals surface area contributed by atoms with Gasteiger partial charge >= 0.3 is 0 Å². The smallest absolute Gasteiger partial charge is 0.124 e. The van der Waals surface area contributed by atoms with E-state index < -0.39 is 5.60 Å². The van der Waals surface area contributed by atoms with Crippen LogP contribution in [0.3, 0.4) is 0 Å². The molecule has 2 aliphatic rings. The number of ether oxygens (including phenoxy) is 1. The van der Waals surface area contributed by atoms with Crippen LogP contribution in [0.25, 0.3) is 0 Å². The van der Waals surface area contributed by atoms with Crippen molar-refractivity contribution in [3.63, 3.8) is 0 Å². The van der Waals surface area contributed by atoms with Crippen molar-refractivity contribution in [3.05, 3.63) is 11.6 Å². The molecule has 0 amide bonds. The van der Waals surface area contributed by atoms with E-state index in [-0.39, 0.29) is 5.60 Å². The zero-order chi connectivity index (χ0) is 8.98. The number of hydrogen-bond acceptors (Lipinski definition) is 2. The van der Waals surface area contributed by atoms with Crippen LogP contribution in [0.2, 0.25) is 0 Å². The van der Waals surface area contributed by atoms with Crippen LogP contribution in [0.5, 0.6) is 0 Å². The summed E-state index contributed by atoms with van der Waals surface area (Å²) in [4.78, 5) is 0. The van der Waals surface area contributed by atoms with E-state index in [9.17, 15) is 5.11 Å². The van der Waals surface area contributed by atoms with E-state index in [1.165, 1.54) is 0 Å². The zero-order valence-corrected chi connectivity index (χ0v) is 7.92. The molecule has 2 fully saturated rings. The lowest BCUT2D eigenvalue weighted by Crippen LogP contribution is -2.38. The molecule has 1 heterocycles. The third kappa shape index (κ3) is 0.882. The molecular weight excluding hydrogens is 152 g/mol. The molecule has 2 rings (SSSR count). The molecule has 1 aliphatic carbocycles. The third-order valence-corrected chi connectivity index (χ3v) is 3.12. The molecule has 1 N–H and O–H groups in total. The van der Waals surface area contributed by atoms with Crippen molar-refractivity contribution in [2.75, 3.05) is 0 Å². The van der Waals surface area contributed by atoms with Crippen molar-refractivity contribution in [3.8, 4) is 0 Å². The van der Waals surface area contributed by atoms with E-state index >= 15 is 0 Å². The van der Waals surface area contributed by atoms with Gasteiger partial charge in [0.15, 0.2) is 0 Å². The van der Waals surface area contributed by atoms with Crippen LogP contribution in [-0.2, 0) is 4.74 Å². The van der Waals surface area contributed by atoms with Crippen LogP contribution in [0, 0.1) is 0 Å².